The van der Waals surface area contributed by atoms with E-state index in [0.717, 1.165) is 0 Å². The molecule has 0 saturated heterocycles. The van der Waals surface area contributed by atoms with Crippen molar-refractivity contribution >= 4 is 17.4 Å². The highest BCUT2D eigenvalue weighted by atomic mass is 16.5. The van der Waals surface area contributed by atoms with Crippen molar-refractivity contribution in [2.45, 2.75) is 20.0 Å². The number of hydrogen-bond donors (Lipinski definition) is 2. The summed E-state index contributed by atoms with van der Waals surface area (Å²) in [6.07, 6.45) is 3.36. The fraction of sp³-hybridized carbons (Fsp3) is 0.222. The Morgan fingerprint density at radius 2 is 2.13 bits per heavy atom. The first-order valence-corrected chi connectivity index (χ1v) is 7.48. The van der Waals surface area contributed by atoms with Crippen LogP contribution in [0.15, 0.2) is 55.3 Å². The molecule has 0 spiro atoms. The Bertz CT molecular complexity index is 683. The molecular weight excluding hydrogens is 290 g/mol. The molecule has 2 rings (SSSR count). The van der Waals surface area contributed by atoms with Gasteiger partial charge in [0.15, 0.2) is 0 Å². The average Bonchev–Trinajstić information content (AvgIpc) is 2.54. The minimum absolute atomic E-state index is 0.0312. The van der Waals surface area contributed by atoms with Crippen molar-refractivity contribution in [2.75, 3.05) is 17.2 Å². The van der Waals surface area contributed by atoms with Gasteiger partial charge < -0.3 is 15.4 Å². The zero-order valence-corrected chi connectivity index (χ0v) is 13.4. The lowest BCUT2D eigenvalue weighted by molar-refractivity contribution is 0.102. The van der Waals surface area contributed by atoms with Gasteiger partial charge in [-0.15, -0.1) is 6.58 Å². The Morgan fingerprint density at radius 3 is 2.87 bits per heavy atom. The van der Waals surface area contributed by atoms with Crippen LogP contribution in [0.1, 0.15) is 24.2 Å². The largest absolute Gasteiger partial charge is 0.489 e. The Hall–Kier alpha value is -2.82. The molecule has 1 amide bonds. The molecule has 23 heavy (non-hydrogen) atoms. The van der Waals surface area contributed by atoms with E-state index in [9.17, 15) is 4.79 Å². The lowest BCUT2D eigenvalue weighted by atomic mass is 10.2. The molecule has 0 atom stereocenters. The molecule has 5 nitrogen and oxygen atoms in total. The van der Waals surface area contributed by atoms with Crippen LogP contribution in [0.4, 0.5) is 11.5 Å². The number of amides is 1. The van der Waals surface area contributed by atoms with Crippen LogP contribution in [0, 0.1) is 0 Å². The lowest BCUT2D eigenvalue weighted by Gasteiger charge is -2.15. The first kappa shape index (κ1) is 16.5. The summed E-state index contributed by atoms with van der Waals surface area (Å²) in [5.74, 6) is 1.06. The van der Waals surface area contributed by atoms with Gasteiger partial charge in [-0.1, -0.05) is 18.2 Å². The number of nitrogens with zero attached hydrogens (tertiary/aromatic N) is 1. The summed E-state index contributed by atoms with van der Waals surface area (Å²) in [6, 6.07) is 10.7. The number of hydrogen-bond acceptors (Lipinski definition) is 4. The highest BCUT2D eigenvalue weighted by Crippen LogP contribution is 2.25. The van der Waals surface area contributed by atoms with Crippen LogP contribution < -0.4 is 15.4 Å². The highest BCUT2D eigenvalue weighted by Gasteiger charge is 2.11. The first-order chi connectivity index (χ1) is 11.1. The number of rotatable bonds is 7. The van der Waals surface area contributed by atoms with Gasteiger partial charge in [0, 0.05) is 18.3 Å². The van der Waals surface area contributed by atoms with Gasteiger partial charge in [-0.2, -0.15) is 0 Å². The molecule has 0 aliphatic carbocycles. The Balaban J connectivity index is 2.14. The second-order valence-electron chi connectivity index (χ2n) is 5.22. The number of carbonyl (C=O) groups excluding carboxylic acids is 1. The average molecular weight is 311 g/mol. The van der Waals surface area contributed by atoms with E-state index in [1.165, 1.54) is 0 Å². The molecule has 120 valence electrons. The van der Waals surface area contributed by atoms with Crippen molar-refractivity contribution in [2.24, 2.45) is 0 Å². The third kappa shape index (κ3) is 4.85. The molecule has 0 aliphatic heterocycles. The maximum absolute atomic E-state index is 12.4. The molecule has 1 aromatic carbocycles. The van der Waals surface area contributed by atoms with Gasteiger partial charge in [0.2, 0.25) is 0 Å². The summed E-state index contributed by atoms with van der Waals surface area (Å²) in [7, 11) is 0. The third-order valence-electron chi connectivity index (χ3n) is 2.95. The number of para-hydroxylation sites is 2. The molecule has 0 unspecified atom stereocenters. The normalized spacial score (nSPS) is 10.2. The van der Waals surface area contributed by atoms with Crippen molar-refractivity contribution < 1.29 is 9.53 Å². The Morgan fingerprint density at radius 1 is 1.35 bits per heavy atom. The van der Waals surface area contributed by atoms with E-state index in [1.54, 1.807) is 24.4 Å². The summed E-state index contributed by atoms with van der Waals surface area (Å²) in [6.45, 7) is 8.11. The summed E-state index contributed by atoms with van der Waals surface area (Å²) in [5.41, 5.74) is 1.16. The highest BCUT2D eigenvalue weighted by molar-refractivity contribution is 6.05. The van der Waals surface area contributed by atoms with Gasteiger partial charge in [-0.3, -0.25) is 4.79 Å². The van der Waals surface area contributed by atoms with E-state index in [-0.39, 0.29) is 12.0 Å². The van der Waals surface area contributed by atoms with E-state index in [0.29, 0.717) is 29.4 Å². The second kappa shape index (κ2) is 7.98. The smallest absolute Gasteiger partial charge is 0.255 e. The first-order valence-electron chi connectivity index (χ1n) is 7.48. The zero-order chi connectivity index (χ0) is 16.7. The number of pyridine rings is 1. The standard InChI is InChI=1S/C18H21N3O2/c1-4-10-19-17-12-14(9-11-20-17)18(22)21-15-7-5-6-8-16(15)23-13(2)3/h4-9,11-13H,1,10H2,2-3H3,(H,19,20)(H,21,22). The quantitative estimate of drug-likeness (QED) is 0.765. The number of aromatic nitrogens is 1. The van der Waals surface area contributed by atoms with Gasteiger partial charge in [-0.25, -0.2) is 4.98 Å². The fourth-order valence-corrected chi connectivity index (χ4v) is 1.97. The Labute approximate surface area is 136 Å². The summed E-state index contributed by atoms with van der Waals surface area (Å²) < 4.78 is 5.71. The number of nitrogens with one attached hydrogen (secondary N) is 2. The molecule has 0 saturated carbocycles. The van der Waals surface area contributed by atoms with Gasteiger partial charge >= 0.3 is 0 Å². The molecule has 0 radical (unpaired) electrons. The number of benzene rings is 1. The van der Waals surface area contributed by atoms with Crippen molar-refractivity contribution in [3.05, 3.63) is 60.8 Å². The molecule has 1 aromatic heterocycles. The van der Waals surface area contributed by atoms with Gasteiger partial charge in [0.05, 0.1) is 11.8 Å². The van der Waals surface area contributed by atoms with E-state index in [1.807, 2.05) is 38.1 Å². The maximum Gasteiger partial charge on any atom is 0.255 e. The maximum atomic E-state index is 12.4. The van der Waals surface area contributed by atoms with Gasteiger partial charge in [-0.05, 0) is 38.1 Å². The summed E-state index contributed by atoms with van der Waals surface area (Å²) in [5, 5.41) is 5.93. The van der Waals surface area contributed by atoms with E-state index < -0.39 is 0 Å². The van der Waals surface area contributed by atoms with Crippen LogP contribution in [-0.4, -0.2) is 23.5 Å². The number of carbonyl (C=O) groups is 1. The summed E-state index contributed by atoms with van der Waals surface area (Å²) in [4.78, 5) is 16.6. The summed E-state index contributed by atoms with van der Waals surface area (Å²) >= 11 is 0. The topological polar surface area (TPSA) is 63.2 Å². The van der Waals surface area contributed by atoms with Crippen LogP contribution >= 0.6 is 0 Å². The molecule has 2 aromatic rings. The SMILES string of the molecule is C=CCNc1cc(C(=O)Nc2ccccc2OC(C)C)ccn1. The van der Waals surface area contributed by atoms with E-state index in [2.05, 4.69) is 22.2 Å². The molecule has 2 N–H and O–H groups in total. The van der Waals surface area contributed by atoms with Crippen LogP contribution in [0.5, 0.6) is 5.75 Å². The van der Waals surface area contributed by atoms with Crippen molar-refractivity contribution in [1.29, 1.82) is 0 Å². The van der Waals surface area contributed by atoms with Crippen LogP contribution in [0.2, 0.25) is 0 Å². The zero-order valence-electron chi connectivity index (χ0n) is 13.4. The molecule has 1 heterocycles. The fourth-order valence-electron chi connectivity index (χ4n) is 1.97. The molecule has 0 fully saturated rings. The van der Waals surface area contributed by atoms with Crippen molar-refractivity contribution in [3.63, 3.8) is 0 Å². The van der Waals surface area contributed by atoms with Gasteiger partial charge in [0.1, 0.15) is 11.6 Å². The second-order valence-corrected chi connectivity index (χ2v) is 5.22. The van der Waals surface area contributed by atoms with E-state index >= 15 is 0 Å². The predicted molar refractivity (Wildman–Crippen MR) is 93.1 cm³/mol. The van der Waals surface area contributed by atoms with Crippen LogP contribution in [0.25, 0.3) is 0 Å². The molecule has 0 aliphatic rings. The third-order valence-corrected chi connectivity index (χ3v) is 2.95. The van der Waals surface area contributed by atoms with E-state index in [4.69, 9.17) is 4.74 Å². The van der Waals surface area contributed by atoms with Crippen molar-refractivity contribution in [3.8, 4) is 5.75 Å². The van der Waals surface area contributed by atoms with Crippen LogP contribution in [-0.2, 0) is 0 Å². The van der Waals surface area contributed by atoms with Gasteiger partial charge in [0.25, 0.3) is 5.91 Å². The number of anilines is 2. The minimum atomic E-state index is -0.214. The molecule has 5 heteroatoms. The van der Waals surface area contributed by atoms with Crippen LogP contribution in [0.3, 0.4) is 0 Å². The lowest BCUT2D eigenvalue weighted by Crippen LogP contribution is -2.15. The predicted octanol–water partition coefficient (Wildman–Crippen LogP) is 3.72. The molecular formula is C18H21N3O2. The molecule has 0 bridgehead atoms. The monoisotopic (exact) mass is 311 g/mol. The minimum Gasteiger partial charge on any atom is -0.489 e. The van der Waals surface area contributed by atoms with Crippen molar-refractivity contribution in [1.82, 2.24) is 4.98 Å². The Kier molecular flexibility index (Phi) is 5.74. The number of ether oxygens (including phenoxy) is 1.